The van der Waals surface area contributed by atoms with Crippen LogP contribution in [0.4, 0.5) is 0 Å². The van der Waals surface area contributed by atoms with Crippen LogP contribution in [-0.2, 0) is 4.74 Å². The normalized spacial score (nSPS) is 13.3. The highest BCUT2D eigenvalue weighted by atomic mass is 35.5. The molecular formula is C18H20ClNO3. The smallest absolute Gasteiger partial charge is 0.252 e. The number of amides is 1. The number of carbonyl (C=O) groups is 1. The van der Waals surface area contributed by atoms with Gasteiger partial charge in [0.2, 0.25) is 0 Å². The molecule has 0 unspecified atom stereocenters. The third-order valence-corrected chi connectivity index (χ3v) is 3.75. The molecule has 2 rings (SSSR count). The van der Waals surface area contributed by atoms with E-state index in [0.29, 0.717) is 10.6 Å². The number of aliphatic hydroxyl groups is 1. The fourth-order valence-corrected chi connectivity index (χ4v) is 2.31. The molecule has 0 saturated heterocycles. The summed E-state index contributed by atoms with van der Waals surface area (Å²) < 4.78 is 5.62. The summed E-state index contributed by atoms with van der Waals surface area (Å²) in [5.74, 6) is -0.314. The Hall–Kier alpha value is -1.88. The minimum atomic E-state index is -0.785. The van der Waals surface area contributed by atoms with Crippen LogP contribution >= 0.6 is 11.6 Å². The first-order valence-corrected chi connectivity index (χ1v) is 7.83. The number of hydrogen-bond acceptors (Lipinski definition) is 3. The van der Waals surface area contributed by atoms with Gasteiger partial charge in [0.15, 0.2) is 0 Å². The molecular weight excluding hydrogens is 314 g/mol. The maximum absolute atomic E-state index is 12.0. The lowest BCUT2D eigenvalue weighted by molar-refractivity contribution is -0.00171. The maximum Gasteiger partial charge on any atom is 0.252 e. The van der Waals surface area contributed by atoms with Crippen LogP contribution in [-0.4, -0.2) is 30.3 Å². The zero-order chi connectivity index (χ0) is 16.7. The third-order valence-electron chi connectivity index (χ3n) is 3.42. The number of nitrogens with one attached hydrogen (secondary N) is 1. The summed E-state index contributed by atoms with van der Waals surface area (Å²) in [6.45, 7) is 2.16. The van der Waals surface area contributed by atoms with Crippen LogP contribution in [0.25, 0.3) is 0 Å². The lowest BCUT2D eigenvalue weighted by Crippen LogP contribution is -2.34. The van der Waals surface area contributed by atoms with Crippen molar-refractivity contribution in [3.63, 3.8) is 0 Å². The molecule has 0 saturated carbocycles. The van der Waals surface area contributed by atoms with E-state index < -0.39 is 6.10 Å². The van der Waals surface area contributed by atoms with Crippen LogP contribution in [0, 0.1) is 0 Å². The van der Waals surface area contributed by atoms with Crippen molar-refractivity contribution in [2.75, 3.05) is 13.2 Å². The van der Waals surface area contributed by atoms with Gasteiger partial charge in [0.25, 0.3) is 5.91 Å². The average molecular weight is 334 g/mol. The highest BCUT2D eigenvalue weighted by Gasteiger charge is 2.13. The van der Waals surface area contributed by atoms with E-state index in [1.807, 2.05) is 37.3 Å². The van der Waals surface area contributed by atoms with Gasteiger partial charge in [-0.25, -0.2) is 0 Å². The summed E-state index contributed by atoms with van der Waals surface area (Å²) in [6, 6.07) is 16.5. The van der Waals surface area contributed by atoms with Gasteiger partial charge in [0.05, 0.1) is 29.4 Å². The van der Waals surface area contributed by atoms with Gasteiger partial charge in [-0.2, -0.15) is 0 Å². The summed E-state index contributed by atoms with van der Waals surface area (Å²) in [4.78, 5) is 12.0. The first kappa shape index (κ1) is 17.5. The van der Waals surface area contributed by atoms with Crippen molar-refractivity contribution >= 4 is 17.5 Å². The Labute approximate surface area is 141 Å². The van der Waals surface area contributed by atoms with Gasteiger partial charge in [-0.1, -0.05) is 54.1 Å². The molecule has 2 N–H and O–H groups in total. The van der Waals surface area contributed by atoms with E-state index in [0.717, 1.165) is 5.56 Å². The molecule has 0 spiro atoms. The van der Waals surface area contributed by atoms with E-state index >= 15 is 0 Å². The molecule has 0 radical (unpaired) electrons. The Balaban J connectivity index is 1.76. The van der Waals surface area contributed by atoms with E-state index in [-0.39, 0.29) is 25.2 Å². The number of hydrogen-bond donors (Lipinski definition) is 2. The number of aliphatic hydroxyl groups excluding tert-OH is 1. The van der Waals surface area contributed by atoms with Gasteiger partial charge in [0.1, 0.15) is 0 Å². The van der Waals surface area contributed by atoms with Crippen LogP contribution in [0.1, 0.15) is 28.9 Å². The summed E-state index contributed by atoms with van der Waals surface area (Å²) in [5.41, 5.74) is 1.43. The summed E-state index contributed by atoms with van der Waals surface area (Å²) in [6.07, 6.45) is -0.905. The number of halogens is 1. The molecule has 0 aliphatic carbocycles. The predicted octanol–water partition coefficient (Wildman–Crippen LogP) is 3.21. The highest BCUT2D eigenvalue weighted by molar-refractivity contribution is 6.33. The van der Waals surface area contributed by atoms with Crippen molar-refractivity contribution in [2.45, 2.75) is 19.1 Å². The van der Waals surface area contributed by atoms with Crippen LogP contribution < -0.4 is 5.32 Å². The second-order valence-electron chi connectivity index (χ2n) is 5.23. The zero-order valence-electron chi connectivity index (χ0n) is 12.9. The molecule has 5 heteroatoms. The SMILES string of the molecule is C[C@@H](OC[C@H](O)CNC(=O)c1ccccc1Cl)c1ccccc1. The van der Waals surface area contributed by atoms with E-state index in [4.69, 9.17) is 16.3 Å². The van der Waals surface area contributed by atoms with Gasteiger partial charge < -0.3 is 15.2 Å². The van der Waals surface area contributed by atoms with Gasteiger partial charge in [0, 0.05) is 6.54 Å². The van der Waals surface area contributed by atoms with E-state index in [9.17, 15) is 9.90 Å². The van der Waals surface area contributed by atoms with E-state index in [1.54, 1.807) is 24.3 Å². The van der Waals surface area contributed by atoms with Crippen molar-refractivity contribution in [3.8, 4) is 0 Å². The van der Waals surface area contributed by atoms with Crippen LogP contribution in [0.5, 0.6) is 0 Å². The van der Waals surface area contributed by atoms with Gasteiger partial charge >= 0.3 is 0 Å². The van der Waals surface area contributed by atoms with E-state index in [2.05, 4.69) is 5.32 Å². The minimum absolute atomic E-state index is 0.103. The molecule has 0 aromatic heterocycles. The molecule has 0 fully saturated rings. The van der Waals surface area contributed by atoms with Crippen molar-refractivity contribution in [1.82, 2.24) is 5.32 Å². The first-order valence-electron chi connectivity index (χ1n) is 7.45. The molecule has 1 amide bonds. The predicted molar refractivity (Wildman–Crippen MR) is 90.6 cm³/mol. The Bertz CT molecular complexity index is 633. The molecule has 0 aliphatic heterocycles. The van der Waals surface area contributed by atoms with Crippen molar-refractivity contribution in [3.05, 3.63) is 70.7 Å². The first-order chi connectivity index (χ1) is 11.1. The van der Waals surface area contributed by atoms with Crippen molar-refractivity contribution < 1.29 is 14.6 Å². The third kappa shape index (κ3) is 5.36. The monoisotopic (exact) mass is 333 g/mol. The molecule has 23 heavy (non-hydrogen) atoms. The quantitative estimate of drug-likeness (QED) is 0.818. The average Bonchev–Trinajstić information content (AvgIpc) is 2.58. The summed E-state index contributed by atoms with van der Waals surface area (Å²) in [5, 5.41) is 13.0. The molecule has 0 bridgehead atoms. The Kier molecular flexibility index (Phi) is 6.59. The lowest BCUT2D eigenvalue weighted by atomic mass is 10.1. The maximum atomic E-state index is 12.0. The number of carbonyl (C=O) groups excluding carboxylic acids is 1. The second-order valence-corrected chi connectivity index (χ2v) is 5.64. The van der Waals surface area contributed by atoms with Gasteiger partial charge in [-0.05, 0) is 24.6 Å². The topological polar surface area (TPSA) is 58.6 Å². The largest absolute Gasteiger partial charge is 0.389 e. The number of benzene rings is 2. The molecule has 2 aromatic carbocycles. The fraction of sp³-hybridized carbons (Fsp3) is 0.278. The van der Waals surface area contributed by atoms with E-state index in [1.165, 1.54) is 0 Å². The fourth-order valence-electron chi connectivity index (χ4n) is 2.09. The van der Waals surface area contributed by atoms with Crippen molar-refractivity contribution in [2.24, 2.45) is 0 Å². The molecule has 0 heterocycles. The lowest BCUT2D eigenvalue weighted by Gasteiger charge is -2.17. The zero-order valence-corrected chi connectivity index (χ0v) is 13.7. The molecule has 122 valence electrons. The van der Waals surface area contributed by atoms with Crippen LogP contribution in [0.15, 0.2) is 54.6 Å². The van der Waals surface area contributed by atoms with Gasteiger partial charge in [-0.3, -0.25) is 4.79 Å². The Morgan fingerprint density at radius 3 is 2.52 bits per heavy atom. The minimum Gasteiger partial charge on any atom is -0.389 e. The second kappa shape index (κ2) is 8.67. The Morgan fingerprint density at radius 2 is 1.83 bits per heavy atom. The number of ether oxygens (including phenoxy) is 1. The molecule has 0 aliphatic rings. The van der Waals surface area contributed by atoms with Crippen molar-refractivity contribution in [1.29, 1.82) is 0 Å². The number of rotatable bonds is 7. The van der Waals surface area contributed by atoms with Crippen LogP contribution in [0.3, 0.4) is 0 Å². The Morgan fingerprint density at radius 1 is 1.17 bits per heavy atom. The van der Waals surface area contributed by atoms with Crippen LogP contribution in [0.2, 0.25) is 5.02 Å². The molecule has 2 atom stereocenters. The standard InChI is InChI=1S/C18H20ClNO3/c1-13(14-7-3-2-4-8-14)23-12-15(21)11-20-18(22)16-9-5-6-10-17(16)19/h2-10,13,15,21H,11-12H2,1H3,(H,20,22)/t13-,15-/m1/s1. The highest BCUT2D eigenvalue weighted by Crippen LogP contribution is 2.16. The summed E-state index contributed by atoms with van der Waals surface area (Å²) >= 11 is 5.96. The summed E-state index contributed by atoms with van der Waals surface area (Å²) in [7, 11) is 0. The molecule has 4 nitrogen and oxygen atoms in total. The van der Waals surface area contributed by atoms with Gasteiger partial charge in [-0.15, -0.1) is 0 Å². The molecule has 2 aromatic rings.